The topological polar surface area (TPSA) is 105 Å². The van der Waals surface area contributed by atoms with E-state index >= 15 is 0 Å². The molecule has 0 unspecified atom stereocenters. The Balaban J connectivity index is 1.48. The van der Waals surface area contributed by atoms with E-state index in [0.717, 1.165) is 24.7 Å². The van der Waals surface area contributed by atoms with Crippen molar-refractivity contribution in [1.82, 2.24) is 9.88 Å². The molecular formula is C20H28N4O4S. The molecule has 0 aliphatic carbocycles. The average Bonchev–Trinajstić information content (AvgIpc) is 3.02. The van der Waals surface area contributed by atoms with E-state index in [1.165, 1.54) is 19.8 Å². The second-order valence-electron chi connectivity index (χ2n) is 7.57. The number of carbonyl (C=O) groups is 1. The molecule has 0 radical (unpaired) electrons. The number of carbonyl (C=O) groups excluding carboxylic acids is 1. The third kappa shape index (κ3) is 5.36. The zero-order valence-electron chi connectivity index (χ0n) is 17.1. The largest absolute Gasteiger partial charge is 0.372 e. The molecule has 1 aromatic carbocycles. The number of sulfonamides is 1. The standard InChI is InChI=1S/C20H28N4O4S/c1-14-9-12-24(13-10-14)18-6-4-17(5-7-18)22-19(25)8-11-21-29(26,27)20-15(2)23-28-16(20)3/h4-7,14,21H,8-13H2,1-3H3,(H,22,25). The van der Waals surface area contributed by atoms with Crippen molar-refractivity contribution in [3.05, 3.63) is 35.7 Å². The number of amides is 1. The van der Waals surface area contributed by atoms with Crippen molar-refractivity contribution in [2.45, 2.75) is 44.9 Å². The highest BCUT2D eigenvalue weighted by Crippen LogP contribution is 2.24. The predicted octanol–water partition coefficient (Wildman–Crippen LogP) is 2.83. The van der Waals surface area contributed by atoms with E-state index in [1.54, 1.807) is 6.92 Å². The minimum atomic E-state index is -3.76. The third-order valence-electron chi connectivity index (χ3n) is 5.18. The summed E-state index contributed by atoms with van der Waals surface area (Å²) in [7, 11) is -3.76. The van der Waals surface area contributed by atoms with Crippen LogP contribution in [0.5, 0.6) is 0 Å². The molecule has 0 spiro atoms. The highest BCUT2D eigenvalue weighted by Gasteiger charge is 2.24. The molecule has 1 aliphatic heterocycles. The monoisotopic (exact) mass is 420 g/mol. The van der Waals surface area contributed by atoms with Gasteiger partial charge in [-0.3, -0.25) is 4.79 Å². The number of anilines is 2. The normalized spacial score (nSPS) is 15.5. The van der Waals surface area contributed by atoms with E-state index < -0.39 is 10.0 Å². The third-order valence-corrected chi connectivity index (χ3v) is 6.89. The molecule has 1 aliphatic rings. The summed E-state index contributed by atoms with van der Waals surface area (Å²) in [5, 5.41) is 6.45. The van der Waals surface area contributed by atoms with Crippen LogP contribution in [-0.4, -0.2) is 39.1 Å². The lowest BCUT2D eigenvalue weighted by molar-refractivity contribution is -0.116. The second-order valence-corrected chi connectivity index (χ2v) is 9.27. The molecule has 2 N–H and O–H groups in total. The predicted molar refractivity (Wildman–Crippen MR) is 111 cm³/mol. The molecule has 0 bridgehead atoms. The number of hydrogen-bond donors (Lipinski definition) is 2. The molecule has 1 fully saturated rings. The number of nitrogens with zero attached hydrogens (tertiary/aromatic N) is 2. The summed E-state index contributed by atoms with van der Waals surface area (Å²) in [5.74, 6) is 0.744. The van der Waals surface area contributed by atoms with Crippen molar-refractivity contribution in [3.63, 3.8) is 0 Å². The molecule has 2 aromatic rings. The van der Waals surface area contributed by atoms with Crippen molar-refractivity contribution < 1.29 is 17.7 Å². The molecule has 1 saturated heterocycles. The zero-order chi connectivity index (χ0) is 21.0. The first-order chi connectivity index (χ1) is 13.8. The van der Waals surface area contributed by atoms with Gasteiger partial charge in [0.1, 0.15) is 10.6 Å². The molecule has 9 heteroatoms. The molecule has 8 nitrogen and oxygen atoms in total. The summed E-state index contributed by atoms with van der Waals surface area (Å²) in [6.45, 7) is 7.48. The minimum Gasteiger partial charge on any atom is -0.372 e. The van der Waals surface area contributed by atoms with Crippen LogP contribution in [0.25, 0.3) is 0 Å². The Labute approximate surface area is 171 Å². The number of benzene rings is 1. The SMILES string of the molecule is Cc1noc(C)c1S(=O)(=O)NCCC(=O)Nc1ccc(N2CCC(C)CC2)cc1. The molecule has 0 saturated carbocycles. The Hall–Kier alpha value is -2.39. The fourth-order valence-electron chi connectivity index (χ4n) is 3.48. The van der Waals surface area contributed by atoms with Gasteiger partial charge in [-0.15, -0.1) is 0 Å². The van der Waals surface area contributed by atoms with Gasteiger partial charge in [0.2, 0.25) is 15.9 Å². The van der Waals surface area contributed by atoms with Crippen molar-refractivity contribution in [3.8, 4) is 0 Å². The Morgan fingerprint density at radius 2 is 1.86 bits per heavy atom. The van der Waals surface area contributed by atoms with E-state index in [1.807, 2.05) is 24.3 Å². The Bertz CT molecular complexity index is 926. The van der Waals surface area contributed by atoms with E-state index in [4.69, 9.17) is 4.52 Å². The smallest absolute Gasteiger partial charge is 0.245 e. The Morgan fingerprint density at radius 3 is 2.45 bits per heavy atom. The summed E-state index contributed by atoms with van der Waals surface area (Å²) in [5.41, 5.74) is 2.14. The van der Waals surface area contributed by atoms with E-state index in [-0.39, 0.29) is 29.5 Å². The van der Waals surface area contributed by atoms with Gasteiger partial charge < -0.3 is 14.7 Å². The highest BCUT2D eigenvalue weighted by atomic mass is 32.2. The first kappa shape index (κ1) is 21.3. The van der Waals surface area contributed by atoms with Crippen LogP contribution < -0.4 is 14.9 Å². The fraction of sp³-hybridized carbons (Fsp3) is 0.500. The quantitative estimate of drug-likeness (QED) is 0.714. The summed E-state index contributed by atoms with van der Waals surface area (Å²) in [6.07, 6.45) is 2.42. The highest BCUT2D eigenvalue weighted by molar-refractivity contribution is 7.89. The van der Waals surface area contributed by atoms with Gasteiger partial charge in [0, 0.05) is 37.4 Å². The van der Waals surface area contributed by atoms with Crippen LogP contribution in [-0.2, 0) is 14.8 Å². The maximum Gasteiger partial charge on any atom is 0.245 e. The van der Waals surface area contributed by atoms with E-state index in [0.29, 0.717) is 11.4 Å². The molecule has 1 aromatic heterocycles. The van der Waals surface area contributed by atoms with E-state index in [2.05, 4.69) is 27.0 Å². The fourth-order valence-corrected chi connectivity index (χ4v) is 4.83. The molecular weight excluding hydrogens is 392 g/mol. The lowest BCUT2D eigenvalue weighted by Crippen LogP contribution is -2.32. The number of piperidine rings is 1. The first-order valence-corrected chi connectivity index (χ1v) is 11.3. The van der Waals surface area contributed by atoms with Crippen LogP contribution >= 0.6 is 0 Å². The van der Waals surface area contributed by atoms with Gasteiger partial charge in [-0.2, -0.15) is 0 Å². The van der Waals surface area contributed by atoms with Crippen LogP contribution in [0.4, 0.5) is 11.4 Å². The van der Waals surface area contributed by atoms with Gasteiger partial charge in [-0.05, 0) is 56.9 Å². The van der Waals surface area contributed by atoms with Gasteiger partial charge in [0.25, 0.3) is 0 Å². The van der Waals surface area contributed by atoms with Gasteiger partial charge in [0.15, 0.2) is 5.76 Å². The molecule has 0 atom stereocenters. The lowest BCUT2D eigenvalue weighted by atomic mass is 9.99. The van der Waals surface area contributed by atoms with Crippen molar-refractivity contribution >= 4 is 27.3 Å². The first-order valence-electron chi connectivity index (χ1n) is 9.83. The molecule has 29 heavy (non-hydrogen) atoms. The minimum absolute atomic E-state index is 0.0116. The number of aryl methyl sites for hydroxylation is 2. The van der Waals surface area contributed by atoms with Gasteiger partial charge >= 0.3 is 0 Å². The average molecular weight is 421 g/mol. The van der Waals surface area contributed by atoms with Crippen LogP contribution in [0.15, 0.2) is 33.7 Å². The summed E-state index contributed by atoms with van der Waals surface area (Å²) >= 11 is 0. The molecule has 1 amide bonds. The maximum atomic E-state index is 12.3. The molecule has 3 rings (SSSR count). The maximum absolute atomic E-state index is 12.3. The Kier molecular flexibility index (Phi) is 6.59. The lowest BCUT2D eigenvalue weighted by Gasteiger charge is -2.32. The van der Waals surface area contributed by atoms with Crippen molar-refractivity contribution in [2.24, 2.45) is 5.92 Å². The number of rotatable bonds is 7. The number of hydrogen-bond acceptors (Lipinski definition) is 6. The van der Waals surface area contributed by atoms with Crippen LogP contribution in [0, 0.1) is 19.8 Å². The zero-order valence-corrected chi connectivity index (χ0v) is 17.9. The van der Waals surface area contributed by atoms with Crippen LogP contribution in [0.3, 0.4) is 0 Å². The van der Waals surface area contributed by atoms with Gasteiger partial charge in [-0.25, -0.2) is 13.1 Å². The molecule has 2 heterocycles. The van der Waals surface area contributed by atoms with Gasteiger partial charge in [-0.1, -0.05) is 12.1 Å². The van der Waals surface area contributed by atoms with Crippen LogP contribution in [0.2, 0.25) is 0 Å². The van der Waals surface area contributed by atoms with Crippen molar-refractivity contribution in [2.75, 3.05) is 29.9 Å². The Morgan fingerprint density at radius 1 is 1.21 bits per heavy atom. The molecule has 158 valence electrons. The summed E-state index contributed by atoms with van der Waals surface area (Å²) < 4.78 is 32.0. The number of aromatic nitrogens is 1. The van der Waals surface area contributed by atoms with Crippen LogP contribution in [0.1, 0.15) is 37.6 Å². The van der Waals surface area contributed by atoms with E-state index in [9.17, 15) is 13.2 Å². The summed E-state index contributed by atoms with van der Waals surface area (Å²) in [4.78, 5) is 14.5. The number of nitrogens with one attached hydrogen (secondary N) is 2. The van der Waals surface area contributed by atoms with Crippen molar-refractivity contribution in [1.29, 1.82) is 0 Å². The van der Waals surface area contributed by atoms with Gasteiger partial charge in [0.05, 0.1) is 0 Å². The second kappa shape index (κ2) is 8.96. The summed E-state index contributed by atoms with van der Waals surface area (Å²) in [6, 6.07) is 7.76.